The van der Waals surface area contributed by atoms with Crippen molar-refractivity contribution in [2.45, 2.75) is 43.5 Å². The summed E-state index contributed by atoms with van der Waals surface area (Å²) in [5, 5.41) is 5.29. The molecule has 1 aromatic carbocycles. The first-order valence-corrected chi connectivity index (χ1v) is 8.85. The summed E-state index contributed by atoms with van der Waals surface area (Å²) in [6.07, 6.45) is 7.57. The summed E-state index contributed by atoms with van der Waals surface area (Å²) in [5.41, 5.74) is 1.29. The summed E-state index contributed by atoms with van der Waals surface area (Å²) in [6, 6.07) is 6.82. The predicted octanol–water partition coefficient (Wildman–Crippen LogP) is 4.87. The smallest absolute Gasteiger partial charge is 0.0548 e. The topological polar surface area (TPSA) is 12.0 Å². The van der Waals surface area contributed by atoms with Crippen molar-refractivity contribution in [1.82, 2.24) is 5.32 Å². The molecular weight excluding hydrogens is 330 g/mol. The second-order valence-electron chi connectivity index (χ2n) is 4.85. The van der Waals surface area contributed by atoms with Crippen LogP contribution in [0.25, 0.3) is 0 Å². The number of benzene rings is 1. The fraction of sp³-hybridized carbons (Fsp3) is 0.571. The van der Waals surface area contributed by atoms with Crippen LogP contribution < -0.4 is 5.32 Å². The van der Waals surface area contributed by atoms with Crippen molar-refractivity contribution in [1.29, 1.82) is 0 Å². The van der Waals surface area contributed by atoms with Gasteiger partial charge in [0.25, 0.3) is 0 Å². The fourth-order valence-corrected chi connectivity index (χ4v) is 3.83. The summed E-state index contributed by atoms with van der Waals surface area (Å²) in [4.78, 5) is 0. The Morgan fingerprint density at radius 3 is 3.00 bits per heavy atom. The van der Waals surface area contributed by atoms with Gasteiger partial charge in [0.2, 0.25) is 0 Å². The number of rotatable bonds is 4. The van der Waals surface area contributed by atoms with Gasteiger partial charge in [-0.05, 0) is 59.1 Å². The van der Waals surface area contributed by atoms with Crippen LogP contribution >= 0.6 is 39.3 Å². The van der Waals surface area contributed by atoms with Crippen LogP contribution in [0.2, 0.25) is 5.02 Å². The SMILES string of the molecule is CSC1CCCC(NCc2ccc(Cl)c(Br)c2)C1. The molecule has 0 bridgehead atoms. The number of nitrogens with one attached hydrogen (secondary N) is 1. The van der Waals surface area contributed by atoms with Crippen LogP contribution in [0.1, 0.15) is 31.2 Å². The van der Waals surface area contributed by atoms with E-state index in [0.717, 1.165) is 21.3 Å². The Kier molecular flexibility index (Phi) is 5.87. The predicted molar refractivity (Wildman–Crippen MR) is 85.6 cm³/mol. The van der Waals surface area contributed by atoms with Crippen molar-refractivity contribution >= 4 is 39.3 Å². The molecule has 1 saturated carbocycles. The van der Waals surface area contributed by atoms with Crippen LogP contribution in [-0.4, -0.2) is 17.5 Å². The zero-order valence-electron chi connectivity index (χ0n) is 10.6. The van der Waals surface area contributed by atoms with Gasteiger partial charge in [0, 0.05) is 22.3 Å². The van der Waals surface area contributed by atoms with Gasteiger partial charge in [0.1, 0.15) is 0 Å². The summed E-state index contributed by atoms with van der Waals surface area (Å²) in [7, 11) is 0. The van der Waals surface area contributed by atoms with E-state index in [2.05, 4.69) is 39.6 Å². The number of hydrogen-bond acceptors (Lipinski definition) is 2. The van der Waals surface area contributed by atoms with Gasteiger partial charge in [0.05, 0.1) is 5.02 Å². The Labute approximate surface area is 127 Å². The first-order valence-electron chi connectivity index (χ1n) is 6.39. The molecule has 1 nitrogen and oxygen atoms in total. The Balaban J connectivity index is 1.85. The van der Waals surface area contributed by atoms with Crippen molar-refractivity contribution in [2.75, 3.05) is 6.26 Å². The minimum atomic E-state index is 0.672. The molecule has 4 heteroatoms. The molecule has 0 radical (unpaired) electrons. The maximum absolute atomic E-state index is 6.00. The van der Waals surface area contributed by atoms with Gasteiger partial charge in [-0.15, -0.1) is 0 Å². The zero-order chi connectivity index (χ0) is 13.0. The van der Waals surface area contributed by atoms with Gasteiger partial charge in [-0.25, -0.2) is 0 Å². The molecule has 0 heterocycles. The average Bonchev–Trinajstić information content (AvgIpc) is 2.40. The second kappa shape index (κ2) is 7.18. The third-order valence-corrected chi connectivity index (χ3v) is 5.85. The van der Waals surface area contributed by atoms with Crippen molar-refractivity contribution in [2.24, 2.45) is 0 Å². The van der Waals surface area contributed by atoms with Gasteiger partial charge in [-0.2, -0.15) is 11.8 Å². The van der Waals surface area contributed by atoms with Gasteiger partial charge < -0.3 is 5.32 Å². The lowest BCUT2D eigenvalue weighted by molar-refractivity contribution is 0.380. The molecule has 0 amide bonds. The van der Waals surface area contributed by atoms with E-state index in [1.54, 1.807) is 0 Å². The van der Waals surface area contributed by atoms with Gasteiger partial charge in [-0.3, -0.25) is 0 Å². The van der Waals surface area contributed by atoms with Gasteiger partial charge >= 0.3 is 0 Å². The number of hydrogen-bond donors (Lipinski definition) is 1. The largest absolute Gasteiger partial charge is 0.310 e. The minimum absolute atomic E-state index is 0.672. The van der Waals surface area contributed by atoms with E-state index < -0.39 is 0 Å². The molecule has 0 saturated heterocycles. The van der Waals surface area contributed by atoms with Crippen molar-refractivity contribution in [3.63, 3.8) is 0 Å². The highest BCUT2D eigenvalue weighted by molar-refractivity contribution is 9.10. The van der Waals surface area contributed by atoms with Crippen LogP contribution in [0.5, 0.6) is 0 Å². The highest BCUT2D eigenvalue weighted by Gasteiger charge is 2.20. The molecule has 0 aromatic heterocycles. The molecule has 1 aliphatic carbocycles. The Morgan fingerprint density at radius 1 is 1.44 bits per heavy atom. The summed E-state index contributed by atoms with van der Waals surface area (Å²) < 4.78 is 0.981. The van der Waals surface area contributed by atoms with Gasteiger partial charge in [0.15, 0.2) is 0 Å². The monoisotopic (exact) mass is 347 g/mol. The lowest BCUT2D eigenvalue weighted by Gasteiger charge is -2.28. The van der Waals surface area contributed by atoms with Crippen LogP contribution in [-0.2, 0) is 6.54 Å². The molecule has 1 aliphatic rings. The van der Waals surface area contributed by atoms with Crippen molar-refractivity contribution in [3.8, 4) is 0 Å². The second-order valence-corrected chi connectivity index (χ2v) is 7.25. The maximum atomic E-state index is 6.00. The normalized spacial score (nSPS) is 24.2. The van der Waals surface area contributed by atoms with E-state index in [0.29, 0.717) is 6.04 Å². The highest BCUT2D eigenvalue weighted by atomic mass is 79.9. The van der Waals surface area contributed by atoms with Crippen LogP contribution in [0.3, 0.4) is 0 Å². The Morgan fingerprint density at radius 2 is 2.28 bits per heavy atom. The van der Waals surface area contributed by atoms with E-state index in [1.807, 2.05) is 17.8 Å². The summed E-state index contributed by atoms with van der Waals surface area (Å²) in [5.74, 6) is 0. The maximum Gasteiger partial charge on any atom is 0.0548 e. The van der Waals surface area contributed by atoms with E-state index >= 15 is 0 Å². The summed E-state index contributed by atoms with van der Waals surface area (Å²) >= 11 is 11.5. The third-order valence-electron chi connectivity index (χ3n) is 3.54. The first-order chi connectivity index (χ1) is 8.69. The summed E-state index contributed by atoms with van der Waals surface area (Å²) in [6.45, 7) is 0.932. The van der Waals surface area contributed by atoms with E-state index in [1.165, 1.54) is 31.2 Å². The molecule has 2 rings (SSSR count). The van der Waals surface area contributed by atoms with Crippen LogP contribution in [0.4, 0.5) is 0 Å². The number of halogens is 2. The van der Waals surface area contributed by atoms with Crippen molar-refractivity contribution in [3.05, 3.63) is 33.3 Å². The molecule has 100 valence electrons. The molecule has 0 spiro atoms. The van der Waals surface area contributed by atoms with Crippen LogP contribution in [0, 0.1) is 0 Å². The molecule has 1 fully saturated rings. The Bertz CT molecular complexity index is 399. The van der Waals surface area contributed by atoms with Gasteiger partial charge in [-0.1, -0.05) is 24.1 Å². The standard InChI is InChI=1S/C14H19BrClNS/c1-18-12-4-2-3-11(8-12)17-9-10-5-6-14(16)13(15)7-10/h5-7,11-12,17H,2-4,8-9H2,1H3. The third kappa shape index (κ3) is 4.16. The lowest BCUT2D eigenvalue weighted by atomic mass is 9.95. The molecule has 2 unspecified atom stereocenters. The first kappa shape index (κ1) is 14.7. The molecular formula is C14H19BrClNS. The minimum Gasteiger partial charge on any atom is -0.310 e. The zero-order valence-corrected chi connectivity index (χ0v) is 13.7. The quantitative estimate of drug-likeness (QED) is 0.833. The fourth-order valence-electron chi connectivity index (χ4n) is 2.46. The molecule has 0 aliphatic heterocycles. The van der Waals surface area contributed by atoms with E-state index in [-0.39, 0.29) is 0 Å². The molecule has 1 aromatic rings. The average molecular weight is 349 g/mol. The molecule has 1 N–H and O–H groups in total. The van der Waals surface area contributed by atoms with Crippen LogP contribution in [0.15, 0.2) is 22.7 Å². The Hall–Kier alpha value is 0.300. The molecule has 18 heavy (non-hydrogen) atoms. The van der Waals surface area contributed by atoms with Crippen molar-refractivity contribution < 1.29 is 0 Å². The lowest BCUT2D eigenvalue weighted by Crippen LogP contribution is -2.34. The van der Waals surface area contributed by atoms with E-state index in [9.17, 15) is 0 Å². The highest BCUT2D eigenvalue weighted by Crippen LogP contribution is 2.27. The number of thioether (sulfide) groups is 1. The van der Waals surface area contributed by atoms with E-state index in [4.69, 9.17) is 11.6 Å². The molecule has 2 atom stereocenters.